The van der Waals surface area contributed by atoms with Crippen LogP contribution in [0.3, 0.4) is 0 Å². The molecule has 0 N–H and O–H groups in total. The second kappa shape index (κ2) is 6.48. The third-order valence-electron chi connectivity index (χ3n) is 3.45. The Hall–Kier alpha value is -1.55. The highest BCUT2D eigenvalue weighted by molar-refractivity contribution is 9.09. The van der Waals surface area contributed by atoms with Gasteiger partial charge in [0.2, 0.25) is 0 Å². The van der Waals surface area contributed by atoms with E-state index in [9.17, 15) is 4.39 Å². The molecule has 21 heavy (non-hydrogen) atoms. The molecule has 2 aromatic rings. The van der Waals surface area contributed by atoms with Crippen LogP contribution in [0.2, 0.25) is 0 Å². The molecular weight excluding hydrogens is 335 g/mol. The standard InChI is InChI=1S/C17H18BrFO2/c1-10-7-13(8-11(2)17(10)19)16(18)12-5-6-14(20-3)15(9-12)21-4/h5-9,16H,1-4H3. The number of methoxy groups -OCH3 is 2. The van der Waals surface area contributed by atoms with Gasteiger partial charge in [-0.05, 0) is 48.2 Å². The minimum atomic E-state index is -0.147. The summed E-state index contributed by atoms with van der Waals surface area (Å²) in [7, 11) is 3.22. The predicted molar refractivity (Wildman–Crippen MR) is 86.2 cm³/mol. The summed E-state index contributed by atoms with van der Waals surface area (Å²) in [6.45, 7) is 3.56. The Bertz CT molecular complexity index is 632. The van der Waals surface area contributed by atoms with Crippen molar-refractivity contribution in [3.8, 4) is 11.5 Å². The maximum Gasteiger partial charge on any atom is 0.161 e. The lowest BCUT2D eigenvalue weighted by Crippen LogP contribution is -1.99. The first-order chi connectivity index (χ1) is 9.97. The summed E-state index contributed by atoms with van der Waals surface area (Å²) >= 11 is 3.68. The largest absolute Gasteiger partial charge is 0.493 e. The number of halogens is 2. The molecule has 0 radical (unpaired) electrons. The van der Waals surface area contributed by atoms with Gasteiger partial charge in [-0.3, -0.25) is 0 Å². The minimum absolute atomic E-state index is 0.0321. The van der Waals surface area contributed by atoms with E-state index in [0.717, 1.165) is 11.1 Å². The van der Waals surface area contributed by atoms with E-state index in [1.165, 1.54) is 0 Å². The SMILES string of the molecule is COc1ccc(C(Br)c2cc(C)c(F)c(C)c2)cc1OC. The lowest BCUT2D eigenvalue weighted by molar-refractivity contribution is 0.354. The smallest absolute Gasteiger partial charge is 0.161 e. The molecular formula is C17H18BrFO2. The molecule has 0 aromatic heterocycles. The predicted octanol–water partition coefficient (Wildman–Crippen LogP) is 4.94. The Kier molecular flexibility index (Phi) is 4.88. The molecule has 0 aliphatic rings. The molecule has 2 nitrogen and oxygen atoms in total. The second-order valence-electron chi connectivity index (χ2n) is 4.95. The van der Waals surface area contributed by atoms with Crippen molar-refractivity contribution >= 4 is 15.9 Å². The zero-order valence-electron chi connectivity index (χ0n) is 12.5. The molecule has 0 aliphatic carbocycles. The highest BCUT2D eigenvalue weighted by Gasteiger charge is 2.15. The number of aryl methyl sites for hydroxylation is 2. The molecule has 2 rings (SSSR count). The molecule has 0 aliphatic heterocycles. The molecule has 0 amide bonds. The topological polar surface area (TPSA) is 18.5 Å². The van der Waals surface area contributed by atoms with E-state index < -0.39 is 0 Å². The van der Waals surface area contributed by atoms with Crippen molar-refractivity contribution in [1.29, 1.82) is 0 Å². The van der Waals surface area contributed by atoms with Crippen LogP contribution in [-0.4, -0.2) is 14.2 Å². The van der Waals surface area contributed by atoms with E-state index in [1.54, 1.807) is 28.1 Å². The van der Waals surface area contributed by atoms with Crippen LogP contribution in [-0.2, 0) is 0 Å². The van der Waals surface area contributed by atoms with Gasteiger partial charge in [-0.25, -0.2) is 4.39 Å². The average Bonchev–Trinajstić information content (AvgIpc) is 2.50. The molecule has 0 saturated heterocycles. The number of ether oxygens (including phenoxy) is 2. The van der Waals surface area contributed by atoms with Gasteiger partial charge in [-0.15, -0.1) is 0 Å². The molecule has 1 unspecified atom stereocenters. The van der Waals surface area contributed by atoms with Crippen molar-refractivity contribution in [2.45, 2.75) is 18.7 Å². The summed E-state index contributed by atoms with van der Waals surface area (Å²) in [6.07, 6.45) is 0. The van der Waals surface area contributed by atoms with Crippen LogP contribution < -0.4 is 9.47 Å². The molecule has 0 heterocycles. The van der Waals surface area contributed by atoms with Gasteiger partial charge in [0.25, 0.3) is 0 Å². The zero-order valence-corrected chi connectivity index (χ0v) is 14.1. The van der Waals surface area contributed by atoms with Gasteiger partial charge in [0, 0.05) is 0 Å². The van der Waals surface area contributed by atoms with Crippen molar-refractivity contribution in [2.24, 2.45) is 0 Å². The van der Waals surface area contributed by atoms with Gasteiger partial charge in [0.05, 0.1) is 19.0 Å². The normalized spacial score (nSPS) is 12.1. The highest BCUT2D eigenvalue weighted by atomic mass is 79.9. The van der Waals surface area contributed by atoms with Crippen molar-refractivity contribution < 1.29 is 13.9 Å². The van der Waals surface area contributed by atoms with Crippen LogP contribution in [0, 0.1) is 19.7 Å². The highest BCUT2D eigenvalue weighted by Crippen LogP contribution is 2.37. The van der Waals surface area contributed by atoms with Crippen LogP contribution in [0.1, 0.15) is 27.1 Å². The maximum absolute atomic E-state index is 13.7. The summed E-state index contributed by atoms with van der Waals surface area (Å²) in [6, 6.07) is 9.48. The number of alkyl halides is 1. The van der Waals surface area contributed by atoms with Crippen molar-refractivity contribution in [3.63, 3.8) is 0 Å². The molecule has 2 aromatic carbocycles. The third kappa shape index (κ3) is 3.21. The second-order valence-corrected chi connectivity index (χ2v) is 5.86. The van der Waals surface area contributed by atoms with Crippen LogP contribution in [0.5, 0.6) is 11.5 Å². The monoisotopic (exact) mass is 352 g/mol. The fourth-order valence-electron chi connectivity index (χ4n) is 2.33. The fraction of sp³-hybridized carbons (Fsp3) is 0.294. The third-order valence-corrected chi connectivity index (χ3v) is 4.51. The van der Waals surface area contributed by atoms with Crippen LogP contribution in [0.4, 0.5) is 4.39 Å². The average molecular weight is 353 g/mol. The minimum Gasteiger partial charge on any atom is -0.493 e. The number of benzene rings is 2. The first kappa shape index (κ1) is 15.8. The quantitative estimate of drug-likeness (QED) is 0.725. The summed E-state index contributed by atoms with van der Waals surface area (Å²) in [4.78, 5) is -0.0321. The van der Waals surface area contributed by atoms with E-state index in [-0.39, 0.29) is 10.6 Å². The van der Waals surface area contributed by atoms with E-state index in [0.29, 0.717) is 22.6 Å². The Morgan fingerprint density at radius 3 is 2.00 bits per heavy atom. The van der Waals surface area contributed by atoms with Crippen LogP contribution >= 0.6 is 15.9 Å². The molecule has 0 saturated carbocycles. The lowest BCUT2D eigenvalue weighted by Gasteiger charge is -2.15. The van der Waals surface area contributed by atoms with Gasteiger partial charge >= 0.3 is 0 Å². The van der Waals surface area contributed by atoms with Gasteiger partial charge in [-0.1, -0.05) is 34.1 Å². The summed E-state index contributed by atoms with van der Waals surface area (Å²) in [5, 5.41) is 0. The van der Waals surface area contributed by atoms with Crippen molar-refractivity contribution in [1.82, 2.24) is 0 Å². The lowest BCUT2D eigenvalue weighted by atomic mass is 10.00. The van der Waals surface area contributed by atoms with Crippen molar-refractivity contribution in [3.05, 3.63) is 58.4 Å². The molecule has 0 spiro atoms. The maximum atomic E-state index is 13.7. The summed E-state index contributed by atoms with van der Waals surface area (Å²) in [5.41, 5.74) is 3.33. The van der Waals surface area contributed by atoms with E-state index >= 15 is 0 Å². The van der Waals surface area contributed by atoms with Gasteiger partial charge in [-0.2, -0.15) is 0 Å². The molecule has 112 valence electrons. The van der Waals surface area contributed by atoms with E-state index in [1.807, 2.05) is 30.3 Å². The number of hydrogen-bond acceptors (Lipinski definition) is 2. The Morgan fingerprint density at radius 2 is 1.48 bits per heavy atom. The van der Waals surface area contributed by atoms with Gasteiger partial charge < -0.3 is 9.47 Å². The summed E-state index contributed by atoms with van der Waals surface area (Å²) in [5.74, 6) is 1.22. The Labute approximate surface area is 133 Å². The van der Waals surface area contributed by atoms with Crippen molar-refractivity contribution in [2.75, 3.05) is 14.2 Å². The van der Waals surface area contributed by atoms with Gasteiger partial charge in [0.15, 0.2) is 11.5 Å². The first-order valence-electron chi connectivity index (χ1n) is 6.60. The fourth-order valence-corrected chi connectivity index (χ4v) is 2.88. The zero-order chi connectivity index (χ0) is 15.6. The molecule has 1 atom stereocenters. The first-order valence-corrected chi connectivity index (χ1v) is 7.52. The van der Waals surface area contributed by atoms with E-state index in [4.69, 9.17) is 9.47 Å². The number of rotatable bonds is 4. The van der Waals surface area contributed by atoms with Crippen LogP contribution in [0.15, 0.2) is 30.3 Å². The summed E-state index contributed by atoms with van der Waals surface area (Å²) < 4.78 is 24.3. The molecule has 4 heteroatoms. The Balaban J connectivity index is 2.42. The van der Waals surface area contributed by atoms with E-state index in [2.05, 4.69) is 15.9 Å². The van der Waals surface area contributed by atoms with Crippen LogP contribution in [0.25, 0.3) is 0 Å². The molecule has 0 fully saturated rings. The van der Waals surface area contributed by atoms with Gasteiger partial charge in [0.1, 0.15) is 5.82 Å². The molecule has 0 bridgehead atoms. The Morgan fingerprint density at radius 1 is 0.905 bits per heavy atom. The number of hydrogen-bond donors (Lipinski definition) is 0.